The minimum atomic E-state index is -0.238. The highest BCUT2D eigenvalue weighted by molar-refractivity contribution is 6.08. The molecule has 5 aromatic rings. The number of amides is 1. The van der Waals surface area contributed by atoms with E-state index in [4.69, 9.17) is 0 Å². The number of aromatic nitrogens is 3. The number of nitrogens with one attached hydrogen (secondary N) is 2. The van der Waals surface area contributed by atoms with Crippen molar-refractivity contribution < 1.29 is 17.2 Å². The highest BCUT2D eigenvalue weighted by Crippen LogP contribution is 2.23. The van der Waals surface area contributed by atoms with Crippen molar-refractivity contribution in [2.75, 3.05) is 10.6 Å². The van der Waals surface area contributed by atoms with Crippen LogP contribution in [0.3, 0.4) is 0 Å². The Balaban J connectivity index is 0.00000259. The third-order valence-electron chi connectivity index (χ3n) is 5.15. The predicted molar refractivity (Wildman–Crippen MR) is 126 cm³/mol. The summed E-state index contributed by atoms with van der Waals surface area (Å²) in [6.45, 7) is 1.85. The molecule has 3 aromatic carbocycles. The summed E-state index contributed by atoms with van der Waals surface area (Å²) in [5, 5.41) is 6.68. The van der Waals surface area contributed by atoms with E-state index < -0.39 is 0 Å². The second kappa shape index (κ2) is 9.10. The number of benzene rings is 3. The van der Waals surface area contributed by atoms with Crippen LogP contribution in [0.4, 0.5) is 17.2 Å². The average Bonchev–Trinajstić information content (AvgIpc) is 2.81. The number of nitrogens with zero attached hydrogens (tertiary/aromatic N) is 3. The van der Waals surface area contributed by atoms with Crippen LogP contribution < -0.4 is 28.6 Å². The molecule has 0 bridgehead atoms. The first kappa shape index (κ1) is 22.0. The summed E-state index contributed by atoms with van der Waals surface area (Å²) in [7, 11) is 0. The molecule has 0 aliphatic carbocycles. The number of rotatable bonds is 4. The molecular weight excluding hydrogens is 438 g/mol. The van der Waals surface area contributed by atoms with Gasteiger partial charge in [0, 0.05) is 17.4 Å². The van der Waals surface area contributed by atoms with E-state index >= 15 is 0 Å². The number of carbonyl (C=O) groups excluding carboxylic acids is 1. The second-order valence-electron chi connectivity index (χ2n) is 7.37. The minimum absolute atomic E-state index is 0. The van der Waals surface area contributed by atoms with Crippen molar-refractivity contribution in [2.24, 2.45) is 0 Å². The van der Waals surface area contributed by atoms with Gasteiger partial charge in [0.05, 0.1) is 22.2 Å². The van der Waals surface area contributed by atoms with Crippen molar-refractivity contribution in [3.05, 3.63) is 107 Å². The summed E-state index contributed by atoms with van der Waals surface area (Å²) in [5.74, 6) is 0.568. The molecule has 7 nitrogen and oxygen atoms in total. The van der Waals surface area contributed by atoms with E-state index in [-0.39, 0.29) is 29.7 Å². The maximum absolute atomic E-state index is 12.9. The van der Waals surface area contributed by atoms with Crippen molar-refractivity contribution in [3.63, 3.8) is 0 Å². The standard InChI is InChI=1S/C25H19N5O2.ClH/c1-16-15-30-24(32)19-12-6-8-14-21(19)28-25(30)29-22(16)27-20-13-7-5-11-18(20)23(31)26-17-9-3-2-4-10-17;/h2-15H,1H3,(H,26,31)(H,27,28,29);1H/p-1. The fourth-order valence-electron chi connectivity index (χ4n) is 3.54. The maximum Gasteiger partial charge on any atom is 0.266 e. The molecule has 0 fully saturated rings. The van der Waals surface area contributed by atoms with Crippen LogP contribution in [0.5, 0.6) is 0 Å². The smallest absolute Gasteiger partial charge is 0.266 e. The molecule has 2 heterocycles. The zero-order valence-corrected chi connectivity index (χ0v) is 18.4. The molecule has 164 valence electrons. The van der Waals surface area contributed by atoms with E-state index in [1.165, 1.54) is 4.40 Å². The third kappa shape index (κ3) is 4.26. The van der Waals surface area contributed by atoms with Gasteiger partial charge in [0.15, 0.2) is 0 Å². The number of halogens is 1. The topological polar surface area (TPSA) is 88.4 Å². The molecule has 0 atom stereocenters. The molecule has 0 saturated heterocycles. The predicted octanol–water partition coefficient (Wildman–Crippen LogP) is 1.55. The molecule has 0 spiro atoms. The van der Waals surface area contributed by atoms with Gasteiger partial charge in [0.2, 0.25) is 5.78 Å². The van der Waals surface area contributed by atoms with Crippen LogP contribution in [0, 0.1) is 6.92 Å². The molecule has 2 aromatic heterocycles. The van der Waals surface area contributed by atoms with Crippen molar-refractivity contribution in [3.8, 4) is 0 Å². The van der Waals surface area contributed by atoms with Crippen LogP contribution in [0.1, 0.15) is 15.9 Å². The monoisotopic (exact) mass is 456 g/mol. The van der Waals surface area contributed by atoms with Gasteiger partial charge < -0.3 is 23.0 Å². The fourth-order valence-corrected chi connectivity index (χ4v) is 3.54. The Labute approximate surface area is 195 Å². The molecule has 0 aliphatic rings. The highest BCUT2D eigenvalue weighted by Gasteiger charge is 2.14. The van der Waals surface area contributed by atoms with Crippen LogP contribution in [0.15, 0.2) is 89.9 Å². The number of aryl methyl sites for hydroxylation is 1. The first-order chi connectivity index (χ1) is 15.6. The van der Waals surface area contributed by atoms with Gasteiger partial charge in [-0.2, -0.15) is 4.98 Å². The number of para-hydroxylation sites is 3. The minimum Gasteiger partial charge on any atom is -1.00 e. The summed E-state index contributed by atoms with van der Waals surface area (Å²) in [4.78, 5) is 34.8. The Bertz CT molecular complexity index is 1530. The summed E-state index contributed by atoms with van der Waals surface area (Å²) in [5.41, 5.74) is 2.95. The molecule has 1 amide bonds. The largest absolute Gasteiger partial charge is 1.00 e. The van der Waals surface area contributed by atoms with E-state index in [1.54, 1.807) is 30.5 Å². The van der Waals surface area contributed by atoms with Crippen molar-refractivity contribution in [1.82, 2.24) is 14.4 Å². The van der Waals surface area contributed by atoms with Gasteiger partial charge in [0.1, 0.15) is 5.82 Å². The molecule has 5 rings (SSSR count). The van der Waals surface area contributed by atoms with Crippen LogP contribution in [0.25, 0.3) is 16.7 Å². The lowest BCUT2D eigenvalue weighted by atomic mass is 10.1. The van der Waals surface area contributed by atoms with Gasteiger partial charge in [-0.05, 0) is 43.3 Å². The van der Waals surface area contributed by atoms with E-state index in [9.17, 15) is 9.59 Å². The highest BCUT2D eigenvalue weighted by atomic mass is 35.5. The summed E-state index contributed by atoms with van der Waals surface area (Å²) in [6.07, 6.45) is 1.71. The number of carbonyl (C=O) groups is 1. The Morgan fingerprint density at radius 1 is 0.879 bits per heavy atom. The SMILES string of the molecule is Cc1cn2c(=O)c3ccccc3nc2nc1Nc1ccccc1C(=O)Nc1ccccc1.[Cl-]. The van der Waals surface area contributed by atoms with Crippen LogP contribution in [0.2, 0.25) is 0 Å². The maximum atomic E-state index is 12.9. The fraction of sp³-hybridized carbons (Fsp3) is 0.0400. The lowest BCUT2D eigenvalue weighted by molar-refractivity contribution is -0.0000142. The normalized spacial score (nSPS) is 10.6. The molecule has 0 unspecified atom stereocenters. The summed E-state index contributed by atoms with van der Waals surface area (Å²) >= 11 is 0. The van der Waals surface area contributed by atoms with Crippen molar-refractivity contribution in [1.29, 1.82) is 0 Å². The van der Waals surface area contributed by atoms with Crippen LogP contribution in [-0.2, 0) is 0 Å². The zero-order valence-electron chi connectivity index (χ0n) is 17.6. The Morgan fingerprint density at radius 2 is 1.58 bits per heavy atom. The quantitative estimate of drug-likeness (QED) is 0.401. The second-order valence-corrected chi connectivity index (χ2v) is 7.37. The molecule has 33 heavy (non-hydrogen) atoms. The number of hydrogen-bond acceptors (Lipinski definition) is 5. The van der Waals surface area contributed by atoms with Crippen molar-refractivity contribution >= 4 is 39.8 Å². The van der Waals surface area contributed by atoms with Crippen LogP contribution in [-0.4, -0.2) is 20.3 Å². The first-order valence-electron chi connectivity index (χ1n) is 10.1. The molecular formula is C25H19ClN5O2-. The molecule has 2 N–H and O–H groups in total. The Hall–Kier alpha value is -4.23. The first-order valence-corrected chi connectivity index (χ1v) is 10.1. The summed E-state index contributed by atoms with van der Waals surface area (Å²) < 4.78 is 1.44. The number of anilines is 3. The van der Waals surface area contributed by atoms with E-state index in [2.05, 4.69) is 20.6 Å². The lowest BCUT2D eigenvalue weighted by Gasteiger charge is -2.14. The van der Waals surface area contributed by atoms with Gasteiger partial charge >= 0.3 is 0 Å². The van der Waals surface area contributed by atoms with E-state index in [0.717, 1.165) is 5.56 Å². The van der Waals surface area contributed by atoms with Gasteiger partial charge in [-0.1, -0.05) is 42.5 Å². The number of fused-ring (bicyclic) bond motifs is 2. The molecule has 8 heteroatoms. The Morgan fingerprint density at radius 3 is 2.39 bits per heavy atom. The summed E-state index contributed by atoms with van der Waals surface area (Å²) in [6, 6.07) is 23.7. The van der Waals surface area contributed by atoms with Gasteiger partial charge in [-0.25, -0.2) is 4.98 Å². The van der Waals surface area contributed by atoms with Gasteiger partial charge in [-0.15, -0.1) is 0 Å². The molecule has 0 saturated carbocycles. The lowest BCUT2D eigenvalue weighted by Crippen LogP contribution is -3.00. The third-order valence-corrected chi connectivity index (χ3v) is 5.15. The van der Waals surface area contributed by atoms with Gasteiger partial charge in [-0.3, -0.25) is 14.0 Å². The average molecular weight is 457 g/mol. The number of hydrogen-bond donors (Lipinski definition) is 2. The zero-order chi connectivity index (χ0) is 22.1. The molecule has 0 aliphatic heterocycles. The van der Waals surface area contributed by atoms with E-state index in [1.807, 2.05) is 61.5 Å². The van der Waals surface area contributed by atoms with Crippen molar-refractivity contribution in [2.45, 2.75) is 6.92 Å². The van der Waals surface area contributed by atoms with E-state index in [0.29, 0.717) is 33.7 Å². The molecule has 0 radical (unpaired) electrons. The van der Waals surface area contributed by atoms with Crippen LogP contribution >= 0.6 is 0 Å². The van der Waals surface area contributed by atoms with Gasteiger partial charge in [0.25, 0.3) is 11.5 Å². The Kier molecular flexibility index (Phi) is 6.06.